The minimum atomic E-state index is -1.40. The van der Waals surface area contributed by atoms with E-state index in [1.54, 1.807) is 0 Å². The van der Waals surface area contributed by atoms with Crippen LogP contribution >= 0.6 is 11.8 Å². The average molecular weight is 668 g/mol. The highest BCUT2D eigenvalue weighted by Gasteiger charge is 2.28. The van der Waals surface area contributed by atoms with Crippen LogP contribution in [0.3, 0.4) is 0 Å². The molecule has 46 heavy (non-hydrogen) atoms. The number of carboxylic acids is 2. The Hall–Kier alpha value is -3.45. The van der Waals surface area contributed by atoms with E-state index in [1.165, 1.54) is 51.7 Å². The molecule has 260 valence electrons. The maximum Gasteiger partial charge on any atom is 0.322 e. The monoisotopic (exact) mass is 667 g/mol. The summed E-state index contributed by atoms with van der Waals surface area (Å²) in [6, 6.07) is -0.0816. The summed E-state index contributed by atoms with van der Waals surface area (Å²) in [5.74, 6) is -4.58. The maximum absolute atomic E-state index is 12.9. The molecule has 0 aliphatic carbocycles. The van der Waals surface area contributed by atoms with Gasteiger partial charge in [0.05, 0.1) is 12.0 Å². The quantitative estimate of drug-likeness (QED) is 0.0224. The van der Waals surface area contributed by atoms with Gasteiger partial charge in [-0.2, -0.15) is 0 Å². The fraction of sp³-hybridized carbons (Fsp3) is 0.636. The molecule has 8 N–H and O–H groups in total. The summed E-state index contributed by atoms with van der Waals surface area (Å²) in [7, 11) is 1.35. The summed E-state index contributed by atoms with van der Waals surface area (Å²) < 4.78 is 5.21. The van der Waals surface area contributed by atoms with Gasteiger partial charge in [0, 0.05) is 18.1 Å². The molecule has 0 saturated carbocycles. The Balaban J connectivity index is 2.79. The minimum Gasteiger partial charge on any atom is -0.507 e. The van der Waals surface area contributed by atoms with Crippen molar-refractivity contribution in [3.8, 4) is 17.2 Å². The first kappa shape index (κ1) is 40.6. The number of hydrogen-bond donors (Lipinski definition) is 7. The summed E-state index contributed by atoms with van der Waals surface area (Å²) in [6.45, 7) is 1.51. The molecule has 0 radical (unpaired) electrons. The zero-order valence-electron chi connectivity index (χ0n) is 27.2. The standard InChI is InChI=1S/C33H53N3O9S/c1-3-4-5-6-7-8-9-10-11-12-13-14-15-16-17-18-23-29(41)26(45-2)21-25(37)30(23)46-32(31(42)35-22-28(39)40)36-27(38)20-19-24(34)33(43)44/h8-9,21,24,32,37,41H,3-7,10-20,22,34H2,1-2H3,(H,35,42)(H,36,38)(H,39,40)(H,43,44)/b9-8+/t24-,32-/m0/s1. The van der Waals surface area contributed by atoms with E-state index < -0.39 is 41.7 Å². The molecule has 0 aromatic heterocycles. The van der Waals surface area contributed by atoms with Gasteiger partial charge >= 0.3 is 11.9 Å². The average Bonchev–Trinajstić information content (AvgIpc) is 3.02. The third kappa shape index (κ3) is 16.7. The molecule has 13 heteroatoms. The molecule has 2 amide bonds. The van der Waals surface area contributed by atoms with Gasteiger partial charge in [0.2, 0.25) is 5.91 Å². The van der Waals surface area contributed by atoms with Crippen LogP contribution in [0.2, 0.25) is 0 Å². The van der Waals surface area contributed by atoms with Crippen molar-refractivity contribution in [2.24, 2.45) is 5.73 Å². The van der Waals surface area contributed by atoms with Crippen LogP contribution in [0.25, 0.3) is 0 Å². The normalized spacial score (nSPS) is 12.5. The van der Waals surface area contributed by atoms with Gasteiger partial charge in [0.1, 0.15) is 18.3 Å². The van der Waals surface area contributed by atoms with E-state index in [1.807, 2.05) is 0 Å². The van der Waals surface area contributed by atoms with Crippen molar-refractivity contribution in [1.82, 2.24) is 10.6 Å². The van der Waals surface area contributed by atoms with Gasteiger partial charge in [0.25, 0.3) is 5.91 Å². The van der Waals surface area contributed by atoms with Crippen LogP contribution in [-0.4, -0.2) is 69.2 Å². The number of nitrogens with one attached hydrogen (secondary N) is 2. The van der Waals surface area contributed by atoms with Gasteiger partial charge in [-0.3, -0.25) is 19.2 Å². The first-order valence-electron chi connectivity index (χ1n) is 16.2. The van der Waals surface area contributed by atoms with E-state index in [-0.39, 0.29) is 35.0 Å². The SMILES string of the molecule is CCCCCC/C=C/CCCCCCCCCc1c(O)c(OC)cc(O)c1S[C@H](NC(=O)CC[C@H](N)C(=O)O)C(=O)NCC(=O)O. The van der Waals surface area contributed by atoms with Gasteiger partial charge in [0.15, 0.2) is 16.9 Å². The zero-order valence-corrected chi connectivity index (χ0v) is 28.0. The van der Waals surface area contributed by atoms with E-state index in [2.05, 4.69) is 29.7 Å². The van der Waals surface area contributed by atoms with Crippen molar-refractivity contribution in [2.75, 3.05) is 13.7 Å². The Bertz CT molecular complexity index is 1130. The van der Waals surface area contributed by atoms with Crippen molar-refractivity contribution in [1.29, 1.82) is 0 Å². The van der Waals surface area contributed by atoms with E-state index in [9.17, 15) is 29.4 Å². The van der Waals surface area contributed by atoms with Gasteiger partial charge in [-0.1, -0.05) is 82.2 Å². The molecule has 2 atom stereocenters. The Morgan fingerprint density at radius 3 is 2.09 bits per heavy atom. The van der Waals surface area contributed by atoms with Gasteiger partial charge < -0.3 is 41.5 Å². The predicted molar refractivity (Wildman–Crippen MR) is 178 cm³/mol. The molecule has 0 aliphatic rings. The number of benzene rings is 1. The first-order valence-corrected chi connectivity index (χ1v) is 17.1. The van der Waals surface area contributed by atoms with E-state index in [0.717, 1.165) is 50.3 Å². The number of carboxylic acid groups (broad SMARTS) is 2. The lowest BCUT2D eigenvalue weighted by Crippen LogP contribution is -2.46. The number of carbonyl (C=O) groups excluding carboxylic acids is 2. The Morgan fingerprint density at radius 1 is 0.935 bits per heavy atom. The lowest BCUT2D eigenvalue weighted by atomic mass is 10.0. The Kier molecular flexibility index (Phi) is 21.0. The minimum absolute atomic E-state index is 0.0467. The van der Waals surface area contributed by atoms with Crippen LogP contribution in [0.4, 0.5) is 0 Å². The van der Waals surface area contributed by atoms with E-state index in [0.29, 0.717) is 18.4 Å². The first-order chi connectivity index (χ1) is 22.0. The number of methoxy groups -OCH3 is 1. The number of amides is 2. The number of unbranched alkanes of at least 4 members (excludes halogenated alkanes) is 11. The molecule has 0 fully saturated rings. The third-order valence-electron chi connectivity index (χ3n) is 7.38. The summed E-state index contributed by atoms with van der Waals surface area (Å²) in [5.41, 5.74) is 5.80. The van der Waals surface area contributed by atoms with Crippen LogP contribution in [0.5, 0.6) is 17.2 Å². The molecule has 0 bridgehead atoms. The summed E-state index contributed by atoms with van der Waals surface area (Å²) in [4.78, 5) is 47.6. The van der Waals surface area contributed by atoms with Gasteiger partial charge in [-0.15, -0.1) is 0 Å². The smallest absolute Gasteiger partial charge is 0.322 e. The fourth-order valence-corrected chi connectivity index (χ4v) is 5.85. The number of rotatable bonds is 26. The van der Waals surface area contributed by atoms with Crippen LogP contribution in [0.1, 0.15) is 109 Å². The lowest BCUT2D eigenvalue weighted by Gasteiger charge is -2.21. The largest absolute Gasteiger partial charge is 0.507 e. The van der Waals surface area contributed by atoms with Crippen LogP contribution in [0.15, 0.2) is 23.1 Å². The molecule has 0 unspecified atom stereocenters. The third-order valence-corrected chi connectivity index (χ3v) is 8.64. The number of thioether (sulfide) groups is 1. The Labute approximate surface area is 276 Å². The highest BCUT2D eigenvalue weighted by molar-refractivity contribution is 8.00. The van der Waals surface area contributed by atoms with Crippen LogP contribution < -0.4 is 21.1 Å². The lowest BCUT2D eigenvalue weighted by molar-refractivity contribution is -0.139. The zero-order chi connectivity index (χ0) is 34.3. The second-order valence-electron chi connectivity index (χ2n) is 11.2. The molecule has 1 rings (SSSR count). The number of allylic oxidation sites excluding steroid dienone is 2. The summed E-state index contributed by atoms with van der Waals surface area (Å²) >= 11 is 0.736. The van der Waals surface area contributed by atoms with Crippen molar-refractivity contribution in [2.45, 2.75) is 126 Å². The molecule has 0 aliphatic heterocycles. The second-order valence-corrected chi connectivity index (χ2v) is 12.4. The molecule has 12 nitrogen and oxygen atoms in total. The molecule has 1 aromatic rings. The fourth-order valence-electron chi connectivity index (χ4n) is 4.71. The van der Waals surface area contributed by atoms with Crippen molar-refractivity contribution in [3.05, 3.63) is 23.8 Å². The van der Waals surface area contributed by atoms with E-state index in [4.69, 9.17) is 20.7 Å². The topological polar surface area (TPSA) is 209 Å². The predicted octanol–water partition coefficient (Wildman–Crippen LogP) is 5.22. The number of phenolic OH excluding ortho intramolecular Hbond substituents is 2. The van der Waals surface area contributed by atoms with Gasteiger partial charge in [-0.25, -0.2) is 0 Å². The van der Waals surface area contributed by atoms with Crippen molar-refractivity contribution >= 4 is 35.5 Å². The molecule has 0 heterocycles. The molecule has 0 spiro atoms. The number of aromatic hydroxyl groups is 2. The number of carbonyl (C=O) groups is 4. The number of phenols is 2. The van der Waals surface area contributed by atoms with Crippen molar-refractivity contribution < 1.29 is 44.3 Å². The van der Waals surface area contributed by atoms with Gasteiger partial charge in [-0.05, 0) is 44.9 Å². The summed E-state index contributed by atoms with van der Waals surface area (Å²) in [6.07, 6.45) is 19.0. The van der Waals surface area contributed by atoms with E-state index >= 15 is 0 Å². The number of aliphatic carboxylic acids is 2. The van der Waals surface area contributed by atoms with Crippen molar-refractivity contribution in [3.63, 3.8) is 0 Å². The maximum atomic E-state index is 12.9. The number of nitrogens with two attached hydrogens (primary N) is 1. The molecule has 1 aromatic carbocycles. The second kappa shape index (κ2) is 23.8. The summed E-state index contributed by atoms with van der Waals surface area (Å²) in [5, 5.41) is 43.0. The molecular weight excluding hydrogens is 614 g/mol. The van der Waals surface area contributed by atoms with Crippen LogP contribution in [0, 0.1) is 0 Å². The van der Waals surface area contributed by atoms with Crippen LogP contribution in [-0.2, 0) is 25.6 Å². The number of hydrogen-bond acceptors (Lipinski definition) is 9. The molecule has 0 saturated heterocycles. The highest BCUT2D eigenvalue weighted by atomic mass is 32.2. The Morgan fingerprint density at radius 2 is 1.52 bits per heavy atom. The number of ether oxygens (including phenoxy) is 1. The highest BCUT2D eigenvalue weighted by Crippen LogP contribution is 2.45. The molecular formula is C33H53N3O9S.